The highest BCUT2D eigenvalue weighted by Gasteiger charge is 2.20. The van der Waals surface area contributed by atoms with E-state index in [0.29, 0.717) is 17.2 Å². The number of benzene rings is 1. The van der Waals surface area contributed by atoms with E-state index in [0.717, 1.165) is 16.9 Å². The smallest absolute Gasteiger partial charge is 0.337 e. The normalized spacial score (nSPS) is 11.1. The minimum atomic E-state index is -0.387. The van der Waals surface area contributed by atoms with Crippen molar-refractivity contribution in [2.45, 2.75) is 46.0 Å². The van der Waals surface area contributed by atoms with Crippen LogP contribution < -0.4 is 0 Å². The second-order valence-electron chi connectivity index (χ2n) is 6.53. The van der Waals surface area contributed by atoms with E-state index in [-0.39, 0.29) is 24.1 Å². The second-order valence-corrected chi connectivity index (χ2v) is 6.53. The zero-order valence-electron chi connectivity index (χ0n) is 14.9. The number of Topliss-reactive ketones (excluding diaryl/α,β-unsaturated/α-hetero) is 1. The number of furan rings is 1. The molecule has 0 bridgehead atoms. The van der Waals surface area contributed by atoms with Gasteiger partial charge in [-0.2, -0.15) is 0 Å². The molecule has 0 aliphatic heterocycles. The quantitative estimate of drug-likeness (QED) is 0.568. The van der Waals surface area contributed by atoms with Crippen LogP contribution in [0.15, 0.2) is 34.7 Å². The predicted molar refractivity (Wildman–Crippen MR) is 92.7 cm³/mol. The van der Waals surface area contributed by atoms with Crippen LogP contribution in [0.2, 0.25) is 0 Å². The molecule has 0 saturated carbocycles. The molecule has 0 fully saturated rings. The molecule has 24 heavy (non-hydrogen) atoms. The zero-order valence-corrected chi connectivity index (χ0v) is 14.9. The lowest BCUT2D eigenvalue weighted by atomic mass is 9.97. The van der Waals surface area contributed by atoms with E-state index in [2.05, 4.69) is 32.4 Å². The Kier molecular flexibility index (Phi) is 5.60. The highest BCUT2D eigenvalue weighted by Crippen LogP contribution is 2.30. The molecule has 1 aromatic heterocycles. The van der Waals surface area contributed by atoms with E-state index in [9.17, 15) is 9.59 Å². The number of hydrogen-bond donors (Lipinski definition) is 0. The van der Waals surface area contributed by atoms with Gasteiger partial charge < -0.3 is 9.15 Å². The fourth-order valence-corrected chi connectivity index (χ4v) is 2.61. The number of carbonyl (C=O) groups is 2. The molecule has 1 aromatic carbocycles. The first-order valence-corrected chi connectivity index (χ1v) is 8.17. The van der Waals surface area contributed by atoms with Crippen molar-refractivity contribution in [3.8, 4) is 0 Å². The van der Waals surface area contributed by atoms with Crippen LogP contribution >= 0.6 is 0 Å². The third-order valence-corrected chi connectivity index (χ3v) is 3.95. The lowest BCUT2D eigenvalue weighted by Gasteiger charge is -2.07. The van der Waals surface area contributed by atoms with E-state index in [1.165, 1.54) is 7.11 Å². The minimum Gasteiger partial charge on any atom is -0.465 e. The molecule has 128 valence electrons. The number of rotatable bonds is 6. The third kappa shape index (κ3) is 3.94. The molecule has 0 spiro atoms. The van der Waals surface area contributed by atoms with E-state index in [1.807, 2.05) is 6.07 Å². The van der Waals surface area contributed by atoms with Crippen LogP contribution in [0.5, 0.6) is 0 Å². The number of ether oxygens (including phenoxy) is 1. The molecular weight excluding hydrogens is 304 g/mol. The molecule has 0 atom stereocenters. The van der Waals surface area contributed by atoms with Crippen LogP contribution in [0.25, 0.3) is 0 Å². The van der Waals surface area contributed by atoms with Crippen molar-refractivity contribution in [2.75, 3.05) is 7.11 Å². The second kappa shape index (κ2) is 7.47. The Bertz CT molecular complexity index is 695. The summed E-state index contributed by atoms with van der Waals surface area (Å²) in [6.07, 6.45) is 0.240. The lowest BCUT2D eigenvalue weighted by molar-refractivity contribution is 0.0600. The molecule has 0 N–H and O–H groups in total. The summed E-state index contributed by atoms with van der Waals surface area (Å²) in [5.74, 6) is 1.39. The standard InChI is InChI=1S/C20H24O4/c1-12(2)16-11-18(24-19(16)13(3)4)17(21)10-14-6-8-15(9-7-14)20(22)23-5/h6-9,11-13H,10H2,1-5H3. The van der Waals surface area contributed by atoms with Crippen molar-refractivity contribution >= 4 is 11.8 Å². The van der Waals surface area contributed by atoms with E-state index >= 15 is 0 Å². The van der Waals surface area contributed by atoms with Gasteiger partial charge in [-0.15, -0.1) is 0 Å². The van der Waals surface area contributed by atoms with Gasteiger partial charge in [0.25, 0.3) is 0 Å². The average Bonchev–Trinajstić information content (AvgIpc) is 3.01. The van der Waals surface area contributed by atoms with Crippen molar-refractivity contribution < 1.29 is 18.7 Å². The van der Waals surface area contributed by atoms with Gasteiger partial charge in [-0.25, -0.2) is 4.79 Å². The van der Waals surface area contributed by atoms with Gasteiger partial charge in [-0.05, 0) is 35.2 Å². The van der Waals surface area contributed by atoms with Crippen molar-refractivity contribution in [1.82, 2.24) is 0 Å². The molecule has 4 nitrogen and oxygen atoms in total. The molecule has 0 radical (unpaired) electrons. The summed E-state index contributed by atoms with van der Waals surface area (Å²) in [7, 11) is 1.34. The first kappa shape index (κ1) is 18.0. The van der Waals surface area contributed by atoms with Gasteiger partial charge in [0, 0.05) is 12.3 Å². The topological polar surface area (TPSA) is 56.5 Å². The fourth-order valence-electron chi connectivity index (χ4n) is 2.61. The number of ketones is 1. The summed E-state index contributed by atoms with van der Waals surface area (Å²) in [5.41, 5.74) is 2.39. The Hall–Kier alpha value is -2.36. The van der Waals surface area contributed by atoms with Gasteiger partial charge >= 0.3 is 5.97 Å². The summed E-state index contributed by atoms with van der Waals surface area (Å²) in [6, 6.07) is 8.72. The van der Waals surface area contributed by atoms with Crippen molar-refractivity contribution in [3.05, 3.63) is 58.5 Å². The molecular formula is C20H24O4. The fraction of sp³-hybridized carbons (Fsp3) is 0.400. The predicted octanol–water partition coefficient (Wildman–Crippen LogP) is 4.74. The average molecular weight is 328 g/mol. The van der Waals surface area contributed by atoms with E-state index in [1.54, 1.807) is 24.3 Å². The van der Waals surface area contributed by atoms with Gasteiger partial charge in [0.1, 0.15) is 5.76 Å². The molecule has 2 rings (SSSR count). The molecule has 0 aliphatic rings. The van der Waals surface area contributed by atoms with Crippen molar-refractivity contribution in [1.29, 1.82) is 0 Å². The molecule has 0 unspecified atom stereocenters. The molecule has 2 aromatic rings. The van der Waals surface area contributed by atoms with Crippen LogP contribution in [0, 0.1) is 0 Å². The maximum absolute atomic E-state index is 12.5. The number of carbonyl (C=O) groups excluding carboxylic acids is 2. The molecule has 0 saturated heterocycles. The number of esters is 1. The number of hydrogen-bond acceptors (Lipinski definition) is 4. The minimum absolute atomic E-state index is 0.0605. The zero-order chi connectivity index (χ0) is 17.9. The highest BCUT2D eigenvalue weighted by molar-refractivity contribution is 5.95. The van der Waals surface area contributed by atoms with Gasteiger partial charge in [0.05, 0.1) is 12.7 Å². The maximum Gasteiger partial charge on any atom is 0.337 e. The highest BCUT2D eigenvalue weighted by atomic mass is 16.5. The van der Waals surface area contributed by atoms with Crippen LogP contribution in [0.4, 0.5) is 0 Å². The summed E-state index contributed by atoms with van der Waals surface area (Å²) in [4.78, 5) is 23.9. The first-order chi connectivity index (χ1) is 11.3. The summed E-state index contributed by atoms with van der Waals surface area (Å²) >= 11 is 0. The van der Waals surface area contributed by atoms with E-state index < -0.39 is 0 Å². The Balaban J connectivity index is 2.18. The van der Waals surface area contributed by atoms with Gasteiger partial charge in [-0.1, -0.05) is 39.8 Å². The van der Waals surface area contributed by atoms with Crippen molar-refractivity contribution in [3.63, 3.8) is 0 Å². The van der Waals surface area contributed by atoms with Gasteiger partial charge in [-0.3, -0.25) is 4.79 Å². The summed E-state index contributed by atoms with van der Waals surface area (Å²) in [6.45, 7) is 8.31. The van der Waals surface area contributed by atoms with E-state index in [4.69, 9.17) is 4.42 Å². The molecule has 4 heteroatoms. The van der Waals surface area contributed by atoms with Crippen LogP contribution in [0.3, 0.4) is 0 Å². The first-order valence-electron chi connectivity index (χ1n) is 8.17. The SMILES string of the molecule is COC(=O)c1ccc(CC(=O)c2cc(C(C)C)c(C(C)C)o2)cc1. The molecule has 1 heterocycles. The van der Waals surface area contributed by atoms with Gasteiger partial charge in [0.2, 0.25) is 5.78 Å². The Morgan fingerprint density at radius 1 is 1.04 bits per heavy atom. The molecule has 0 amide bonds. The van der Waals surface area contributed by atoms with Crippen LogP contribution in [-0.4, -0.2) is 18.9 Å². The largest absolute Gasteiger partial charge is 0.465 e. The third-order valence-electron chi connectivity index (χ3n) is 3.95. The van der Waals surface area contributed by atoms with Crippen LogP contribution in [-0.2, 0) is 11.2 Å². The lowest BCUT2D eigenvalue weighted by Crippen LogP contribution is -2.04. The maximum atomic E-state index is 12.5. The van der Waals surface area contributed by atoms with Gasteiger partial charge in [0.15, 0.2) is 5.76 Å². The van der Waals surface area contributed by atoms with Crippen molar-refractivity contribution in [2.24, 2.45) is 0 Å². The Labute approximate surface area is 142 Å². The summed E-state index contributed by atoms with van der Waals surface area (Å²) in [5, 5.41) is 0. The van der Waals surface area contributed by atoms with Crippen LogP contribution in [0.1, 0.15) is 77.3 Å². The number of methoxy groups -OCH3 is 1. The summed E-state index contributed by atoms with van der Waals surface area (Å²) < 4.78 is 10.5. The molecule has 0 aliphatic carbocycles. The monoisotopic (exact) mass is 328 g/mol. The Morgan fingerprint density at radius 3 is 2.12 bits per heavy atom. The Morgan fingerprint density at radius 2 is 1.67 bits per heavy atom.